The van der Waals surface area contributed by atoms with Crippen LogP contribution < -0.4 is 0 Å². The minimum absolute atomic E-state index is 0.676. The van der Waals surface area contributed by atoms with Crippen LogP contribution in [0, 0.1) is 5.92 Å². The smallest absolute Gasteiger partial charge is 0.0433 e. The zero-order valence-electron chi connectivity index (χ0n) is 9.84. The highest BCUT2D eigenvalue weighted by Crippen LogP contribution is 2.22. The van der Waals surface area contributed by atoms with Crippen molar-refractivity contribution in [3.8, 4) is 0 Å². The van der Waals surface area contributed by atoms with Gasteiger partial charge in [0.15, 0.2) is 0 Å². The maximum Gasteiger partial charge on any atom is 0.0433 e. The van der Waals surface area contributed by atoms with Crippen LogP contribution in [0.1, 0.15) is 52.9 Å². The molecule has 0 saturated heterocycles. The molecule has 1 aliphatic rings. The SMILES string of the molecule is CC/C=C1/CCN=C1C(C)CCCC. The third-order valence-electron chi connectivity index (χ3n) is 2.90. The predicted molar refractivity (Wildman–Crippen MR) is 64.0 cm³/mol. The summed E-state index contributed by atoms with van der Waals surface area (Å²) in [6.07, 6.45) is 8.61. The number of allylic oxidation sites excluding steroid dienone is 1. The fraction of sp³-hybridized carbons (Fsp3) is 0.769. The van der Waals surface area contributed by atoms with Crippen molar-refractivity contribution in [1.82, 2.24) is 0 Å². The Morgan fingerprint density at radius 3 is 2.86 bits per heavy atom. The standard InChI is InChI=1S/C13H23N/c1-4-6-8-11(3)13-12(7-5-2)9-10-14-13/h7,11H,4-6,8-10H2,1-3H3/b12-7-. The molecular formula is C13H23N. The maximum atomic E-state index is 4.64. The molecule has 1 rings (SSSR count). The van der Waals surface area contributed by atoms with Crippen molar-refractivity contribution in [3.63, 3.8) is 0 Å². The highest BCUT2D eigenvalue weighted by molar-refractivity contribution is 6.03. The summed E-state index contributed by atoms with van der Waals surface area (Å²) in [5.41, 5.74) is 2.93. The van der Waals surface area contributed by atoms with Crippen LogP contribution in [0.25, 0.3) is 0 Å². The Bertz CT molecular complexity index is 225. The summed E-state index contributed by atoms with van der Waals surface area (Å²) in [6.45, 7) is 7.81. The summed E-state index contributed by atoms with van der Waals surface area (Å²) in [7, 11) is 0. The van der Waals surface area contributed by atoms with Crippen LogP contribution in [0.3, 0.4) is 0 Å². The lowest BCUT2D eigenvalue weighted by Crippen LogP contribution is -2.10. The Kier molecular flexibility index (Phi) is 4.92. The normalized spacial score (nSPS) is 21.4. The fourth-order valence-corrected chi connectivity index (χ4v) is 2.10. The van der Waals surface area contributed by atoms with Gasteiger partial charge >= 0.3 is 0 Å². The maximum absolute atomic E-state index is 4.64. The Morgan fingerprint density at radius 1 is 1.43 bits per heavy atom. The van der Waals surface area contributed by atoms with E-state index in [1.165, 1.54) is 37.0 Å². The topological polar surface area (TPSA) is 12.4 Å². The second-order valence-electron chi connectivity index (χ2n) is 4.20. The van der Waals surface area contributed by atoms with E-state index in [-0.39, 0.29) is 0 Å². The van der Waals surface area contributed by atoms with Gasteiger partial charge in [0.2, 0.25) is 0 Å². The summed E-state index contributed by atoms with van der Waals surface area (Å²) in [5, 5.41) is 0. The first-order chi connectivity index (χ1) is 6.79. The van der Waals surface area contributed by atoms with Gasteiger partial charge in [0.05, 0.1) is 0 Å². The van der Waals surface area contributed by atoms with Crippen molar-refractivity contribution < 1.29 is 0 Å². The van der Waals surface area contributed by atoms with Gasteiger partial charge in [-0.25, -0.2) is 0 Å². The minimum Gasteiger partial charge on any atom is -0.289 e. The van der Waals surface area contributed by atoms with Gasteiger partial charge in [-0.05, 0) is 30.8 Å². The molecule has 1 heterocycles. The van der Waals surface area contributed by atoms with E-state index in [0.717, 1.165) is 13.0 Å². The van der Waals surface area contributed by atoms with Gasteiger partial charge in [0, 0.05) is 12.3 Å². The summed E-state index contributed by atoms with van der Waals surface area (Å²) in [4.78, 5) is 4.64. The van der Waals surface area contributed by atoms with E-state index < -0.39 is 0 Å². The Balaban J connectivity index is 2.53. The number of hydrogen-bond acceptors (Lipinski definition) is 1. The summed E-state index contributed by atoms with van der Waals surface area (Å²) >= 11 is 0. The van der Waals surface area contributed by atoms with Gasteiger partial charge in [0.25, 0.3) is 0 Å². The van der Waals surface area contributed by atoms with E-state index >= 15 is 0 Å². The van der Waals surface area contributed by atoms with Crippen molar-refractivity contribution in [2.45, 2.75) is 52.9 Å². The third kappa shape index (κ3) is 2.97. The van der Waals surface area contributed by atoms with E-state index in [9.17, 15) is 0 Å². The predicted octanol–water partition coefficient (Wildman–Crippen LogP) is 3.99. The molecule has 0 spiro atoms. The van der Waals surface area contributed by atoms with Crippen LogP contribution in [0.2, 0.25) is 0 Å². The van der Waals surface area contributed by atoms with Crippen molar-refractivity contribution in [2.75, 3.05) is 6.54 Å². The zero-order valence-corrected chi connectivity index (χ0v) is 9.84. The average molecular weight is 193 g/mol. The van der Waals surface area contributed by atoms with Crippen LogP contribution in [0.4, 0.5) is 0 Å². The Labute approximate surface area is 88.3 Å². The molecule has 0 fully saturated rings. The molecule has 1 nitrogen and oxygen atoms in total. The van der Waals surface area contributed by atoms with Crippen molar-refractivity contribution in [1.29, 1.82) is 0 Å². The van der Waals surface area contributed by atoms with Crippen molar-refractivity contribution in [2.24, 2.45) is 10.9 Å². The van der Waals surface area contributed by atoms with Gasteiger partial charge in [-0.2, -0.15) is 0 Å². The molecule has 0 aromatic heterocycles. The molecule has 0 aliphatic carbocycles. The largest absolute Gasteiger partial charge is 0.289 e. The lowest BCUT2D eigenvalue weighted by molar-refractivity contribution is 0.625. The molecule has 0 bridgehead atoms. The molecule has 1 heteroatoms. The first-order valence-electron chi connectivity index (χ1n) is 6.03. The van der Waals surface area contributed by atoms with E-state index in [4.69, 9.17) is 0 Å². The van der Waals surface area contributed by atoms with E-state index in [1.54, 1.807) is 0 Å². The Morgan fingerprint density at radius 2 is 2.21 bits per heavy atom. The number of rotatable bonds is 5. The van der Waals surface area contributed by atoms with Crippen LogP contribution in [-0.2, 0) is 0 Å². The molecule has 80 valence electrons. The van der Waals surface area contributed by atoms with Crippen molar-refractivity contribution >= 4 is 5.71 Å². The first kappa shape index (κ1) is 11.5. The van der Waals surface area contributed by atoms with Crippen LogP contribution in [-0.4, -0.2) is 12.3 Å². The molecule has 0 radical (unpaired) electrons. The van der Waals surface area contributed by atoms with Gasteiger partial charge < -0.3 is 0 Å². The molecule has 0 amide bonds. The van der Waals surface area contributed by atoms with Gasteiger partial charge in [0.1, 0.15) is 0 Å². The zero-order chi connectivity index (χ0) is 10.4. The number of aliphatic imine (C=N–C) groups is 1. The summed E-state index contributed by atoms with van der Waals surface area (Å²) < 4.78 is 0. The molecule has 0 aromatic carbocycles. The fourth-order valence-electron chi connectivity index (χ4n) is 2.10. The highest BCUT2D eigenvalue weighted by atomic mass is 14.8. The number of hydrogen-bond donors (Lipinski definition) is 0. The molecular weight excluding hydrogens is 170 g/mol. The molecule has 0 saturated carbocycles. The van der Waals surface area contributed by atoms with Gasteiger partial charge in [-0.3, -0.25) is 4.99 Å². The van der Waals surface area contributed by atoms with Gasteiger partial charge in [-0.15, -0.1) is 0 Å². The van der Waals surface area contributed by atoms with Crippen LogP contribution in [0.5, 0.6) is 0 Å². The second-order valence-corrected chi connectivity index (χ2v) is 4.20. The Hall–Kier alpha value is -0.590. The quantitative estimate of drug-likeness (QED) is 0.626. The van der Waals surface area contributed by atoms with Crippen molar-refractivity contribution in [3.05, 3.63) is 11.6 Å². The molecule has 1 atom stereocenters. The van der Waals surface area contributed by atoms with Gasteiger partial charge in [-0.1, -0.05) is 39.7 Å². The molecule has 1 aliphatic heterocycles. The number of unbranched alkanes of at least 4 members (excludes halogenated alkanes) is 1. The van der Waals surface area contributed by atoms with Crippen LogP contribution in [0.15, 0.2) is 16.6 Å². The monoisotopic (exact) mass is 193 g/mol. The van der Waals surface area contributed by atoms with Crippen LogP contribution >= 0.6 is 0 Å². The lowest BCUT2D eigenvalue weighted by Gasteiger charge is -2.12. The summed E-state index contributed by atoms with van der Waals surface area (Å²) in [5.74, 6) is 0.676. The first-order valence-corrected chi connectivity index (χ1v) is 6.03. The molecule has 0 aromatic rings. The minimum atomic E-state index is 0.676. The number of nitrogens with zero attached hydrogens (tertiary/aromatic N) is 1. The van der Waals surface area contributed by atoms with E-state index in [1.807, 2.05) is 0 Å². The summed E-state index contributed by atoms with van der Waals surface area (Å²) in [6, 6.07) is 0. The van der Waals surface area contributed by atoms with E-state index in [2.05, 4.69) is 31.8 Å². The molecule has 1 unspecified atom stereocenters. The second kappa shape index (κ2) is 6.00. The molecule has 0 N–H and O–H groups in total. The lowest BCUT2D eigenvalue weighted by atomic mass is 9.93. The molecule has 14 heavy (non-hydrogen) atoms. The van der Waals surface area contributed by atoms with E-state index in [0.29, 0.717) is 5.92 Å². The third-order valence-corrected chi connectivity index (χ3v) is 2.90. The average Bonchev–Trinajstić information content (AvgIpc) is 2.63. The highest BCUT2D eigenvalue weighted by Gasteiger charge is 2.18.